The summed E-state index contributed by atoms with van der Waals surface area (Å²) in [4.78, 5) is 29.4. The predicted octanol–water partition coefficient (Wildman–Crippen LogP) is 1.23. The van der Waals surface area contributed by atoms with E-state index in [0.717, 1.165) is 11.6 Å². The van der Waals surface area contributed by atoms with Crippen molar-refractivity contribution in [2.45, 2.75) is 13.8 Å². The van der Waals surface area contributed by atoms with Crippen LogP contribution in [0.5, 0.6) is 0 Å². The number of nitrogens with zero attached hydrogens (tertiary/aromatic N) is 7. The van der Waals surface area contributed by atoms with Crippen LogP contribution >= 0.6 is 0 Å². The number of carbonyl (C=O) groups is 1. The maximum atomic E-state index is 12.7. The van der Waals surface area contributed by atoms with Gasteiger partial charge < -0.3 is 14.3 Å². The van der Waals surface area contributed by atoms with Crippen LogP contribution in [-0.4, -0.2) is 61.7 Å². The Kier molecular flexibility index (Phi) is 4.11. The van der Waals surface area contributed by atoms with Crippen LogP contribution in [0, 0.1) is 13.8 Å². The zero-order valence-corrected chi connectivity index (χ0v) is 14.7. The quantitative estimate of drug-likeness (QED) is 0.699. The number of aryl methyl sites for hydroxylation is 2. The molecule has 3 aromatic heterocycles. The molecule has 0 atom stereocenters. The van der Waals surface area contributed by atoms with Gasteiger partial charge in [-0.25, -0.2) is 15.0 Å². The fourth-order valence-electron chi connectivity index (χ4n) is 3.13. The van der Waals surface area contributed by atoms with Crippen LogP contribution in [0.4, 0.5) is 5.82 Å². The first-order valence-electron chi connectivity index (χ1n) is 8.41. The molecule has 0 radical (unpaired) electrons. The molecule has 4 rings (SSSR count). The summed E-state index contributed by atoms with van der Waals surface area (Å²) < 4.78 is 6.95. The fraction of sp³-hybridized carbons (Fsp3) is 0.353. The lowest BCUT2D eigenvalue weighted by Crippen LogP contribution is -2.49. The van der Waals surface area contributed by atoms with Crippen molar-refractivity contribution < 1.29 is 9.32 Å². The number of hydrogen-bond acceptors (Lipinski definition) is 7. The Morgan fingerprint density at radius 3 is 2.54 bits per heavy atom. The highest BCUT2D eigenvalue weighted by Crippen LogP contribution is 2.19. The van der Waals surface area contributed by atoms with E-state index < -0.39 is 0 Å². The maximum Gasteiger partial charge on any atom is 0.259 e. The van der Waals surface area contributed by atoms with Crippen LogP contribution in [-0.2, 0) is 0 Å². The number of anilines is 1. The van der Waals surface area contributed by atoms with E-state index >= 15 is 0 Å². The average molecular weight is 353 g/mol. The molecule has 0 aromatic carbocycles. The molecule has 1 fully saturated rings. The van der Waals surface area contributed by atoms with E-state index in [1.165, 1.54) is 0 Å². The molecule has 0 unspecified atom stereocenters. The first-order chi connectivity index (χ1) is 12.6. The lowest BCUT2D eigenvalue weighted by Gasteiger charge is -2.35. The Morgan fingerprint density at radius 1 is 1.12 bits per heavy atom. The fourth-order valence-corrected chi connectivity index (χ4v) is 3.13. The summed E-state index contributed by atoms with van der Waals surface area (Å²) in [6, 6.07) is 1.92. The number of aromatic nitrogens is 5. The van der Waals surface area contributed by atoms with E-state index in [1.807, 2.05) is 21.7 Å². The van der Waals surface area contributed by atoms with Gasteiger partial charge in [-0.2, -0.15) is 0 Å². The summed E-state index contributed by atoms with van der Waals surface area (Å²) in [5.74, 6) is 2.15. The van der Waals surface area contributed by atoms with Crippen molar-refractivity contribution in [1.82, 2.24) is 29.6 Å². The lowest BCUT2D eigenvalue weighted by molar-refractivity contribution is 0.0744. The van der Waals surface area contributed by atoms with Crippen LogP contribution in [0.1, 0.15) is 21.8 Å². The minimum absolute atomic E-state index is 0.0253. The first-order valence-corrected chi connectivity index (χ1v) is 8.41. The van der Waals surface area contributed by atoms with Gasteiger partial charge in [0.05, 0.1) is 5.69 Å². The molecule has 26 heavy (non-hydrogen) atoms. The SMILES string of the molecule is Cc1noc(C)c1C(=O)N1CCN(c2cc(-n3ccnc3)ncn2)CC1. The summed E-state index contributed by atoms with van der Waals surface area (Å²) in [7, 11) is 0. The maximum absolute atomic E-state index is 12.7. The molecule has 4 heterocycles. The highest BCUT2D eigenvalue weighted by Gasteiger charge is 2.27. The van der Waals surface area contributed by atoms with Gasteiger partial charge in [0.1, 0.15) is 35.6 Å². The topological polar surface area (TPSA) is 93.2 Å². The largest absolute Gasteiger partial charge is 0.361 e. The van der Waals surface area contributed by atoms with E-state index in [4.69, 9.17) is 4.52 Å². The first kappa shape index (κ1) is 16.2. The van der Waals surface area contributed by atoms with Crippen molar-refractivity contribution in [1.29, 1.82) is 0 Å². The van der Waals surface area contributed by atoms with E-state index in [0.29, 0.717) is 43.2 Å². The van der Waals surface area contributed by atoms with E-state index in [1.54, 1.807) is 32.7 Å². The minimum atomic E-state index is -0.0253. The lowest BCUT2D eigenvalue weighted by atomic mass is 10.1. The third kappa shape index (κ3) is 2.92. The molecule has 0 saturated carbocycles. The molecular weight excluding hydrogens is 334 g/mol. The monoisotopic (exact) mass is 353 g/mol. The molecule has 134 valence electrons. The van der Waals surface area contributed by atoms with Crippen LogP contribution in [0.3, 0.4) is 0 Å². The van der Waals surface area contributed by atoms with E-state index in [-0.39, 0.29) is 5.91 Å². The van der Waals surface area contributed by atoms with Crippen LogP contribution in [0.2, 0.25) is 0 Å². The normalized spacial score (nSPS) is 14.7. The molecule has 3 aromatic rings. The smallest absolute Gasteiger partial charge is 0.259 e. The summed E-state index contributed by atoms with van der Waals surface area (Å²) in [6.45, 7) is 6.20. The van der Waals surface area contributed by atoms with Crippen molar-refractivity contribution in [3.05, 3.63) is 48.1 Å². The molecule has 9 nitrogen and oxygen atoms in total. The number of carbonyl (C=O) groups excluding carboxylic acids is 1. The molecule has 9 heteroatoms. The molecular formula is C17H19N7O2. The van der Waals surface area contributed by atoms with Crippen LogP contribution in [0.15, 0.2) is 35.6 Å². The molecule has 1 aliphatic heterocycles. The van der Waals surface area contributed by atoms with Crippen molar-refractivity contribution in [2.75, 3.05) is 31.1 Å². The second-order valence-electron chi connectivity index (χ2n) is 6.18. The highest BCUT2D eigenvalue weighted by molar-refractivity contribution is 5.96. The summed E-state index contributed by atoms with van der Waals surface area (Å²) >= 11 is 0. The van der Waals surface area contributed by atoms with Gasteiger partial charge in [-0.15, -0.1) is 0 Å². The Balaban J connectivity index is 1.46. The second-order valence-corrected chi connectivity index (χ2v) is 6.18. The van der Waals surface area contributed by atoms with Gasteiger partial charge in [0.2, 0.25) is 0 Å². The number of rotatable bonds is 3. The predicted molar refractivity (Wildman–Crippen MR) is 93.2 cm³/mol. The van der Waals surface area contributed by atoms with Crippen molar-refractivity contribution in [3.8, 4) is 5.82 Å². The van der Waals surface area contributed by atoms with Gasteiger partial charge >= 0.3 is 0 Å². The van der Waals surface area contributed by atoms with Crippen molar-refractivity contribution in [2.24, 2.45) is 0 Å². The number of amides is 1. The standard InChI is InChI=1S/C17H19N7O2/c1-12-16(13(2)26-21-12)17(25)23-7-5-22(6-8-23)14-9-15(20-10-19-14)24-4-3-18-11-24/h3-4,9-11H,5-8H2,1-2H3. The van der Waals surface area contributed by atoms with E-state index in [9.17, 15) is 4.79 Å². The average Bonchev–Trinajstić information content (AvgIpc) is 3.32. The summed E-state index contributed by atoms with van der Waals surface area (Å²) in [6.07, 6.45) is 6.80. The molecule has 0 bridgehead atoms. The zero-order chi connectivity index (χ0) is 18.1. The van der Waals surface area contributed by atoms with Crippen molar-refractivity contribution in [3.63, 3.8) is 0 Å². The molecule has 1 aliphatic rings. The van der Waals surface area contributed by atoms with Gasteiger partial charge in [-0.3, -0.25) is 9.36 Å². The number of piperazine rings is 1. The number of hydrogen-bond donors (Lipinski definition) is 0. The van der Waals surface area contributed by atoms with Gasteiger partial charge in [0, 0.05) is 44.6 Å². The zero-order valence-electron chi connectivity index (χ0n) is 14.7. The van der Waals surface area contributed by atoms with Gasteiger partial charge in [0.15, 0.2) is 0 Å². The van der Waals surface area contributed by atoms with Gasteiger partial charge in [-0.05, 0) is 13.8 Å². The molecule has 0 aliphatic carbocycles. The molecule has 0 spiro atoms. The Labute approximate surface area is 150 Å². The highest BCUT2D eigenvalue weighted by atomic mass is 16.5. The Hall–Kier alpha value is -3.23. The molecule has 1 amide bonds. The molecule has 1 saturated heterocycles. The van der Waals surface area contributed by atoms with E-state index in [2.05, 4.69) is 25.0 Å². The molecule has 0 N–H and O–H groups in total. The van der Waals surface area contributed by atoms with Crippen LogP contribution in [0.25, 0.3) is 5.82 Å². The van der Waals surface area contributed by atoms with Crippen LogP contribution < -0.4 is 4.90 Å². The Morgan fingerprint density at radius 2 is 1.88 bits per heavy atom. The third-order valence-corrected chi connectivity index (χ3v) is 4.55. The summed E-state index contributed by atoms with van der Waals surface area (Å²) in [5.41, 5.74) is 1.21. The minimum Gasteiger partial charge on any atom is -0.361 e. The number of imidazole rings is 1. The van der Waals surface area contributed by atoms with Gasteiger partial charge in [-0.1, -0.05) is 5.16 Å². The third-order valence-electron chi connectivity index (χ3n) is 4.55. The van der Waals surface area contributed by atoms with Gasteiger partial charge in [0.25, 0.3) is 5.91 Å². The Bertz CT molecular complexity index is 892. The second kappa shape index (κ2) is 6.58. The summed E-state index contributed by atoms with van der Waals surface area (Å²) in [5, 5.41) is 3.87. The van der Waals surface area contributed by atoms with Crippen molar-refractivity contribution >= 4 is 11.7 Å².